The molecule has 0 heterocycles. The van der Waals surface area contributed by atoms with Crippen LogP contribution in [0.25, 0.3) is 0 Å². The number of hydrogen-bond donors (Lipinski definition) is 3. The third-order valence-corrected chi connectivity index (χ3v) is 4.66. The van der Waals surface area contributed by atoms with E-state index in [4.69, 9.17) is 0 Å². The summed E-state index contributed by atoms with van der Waals surface area (Å²) in [5.74, 6) is -0.448. The lowest BCUT2D eigenvalue weighted by Crippen LogP contribution is -3.14. The number of non-ortho nitro benzene ring substituents is 1. The summed E-state index contributed by atoms with van der Waals surface area (Å²) < 4.78 is 0. The van der Waals surface area contributed by atoms with Gasteiger partial charge in [0.2, 0.25) is 0 Å². The first-order valence-corrected chi connectivity index (χ1v) is 8.92. The average molecular weight is 385 g/mol. The zero-order valence-electron chi connectivity index (χ0n) is 16.4. The van der Waals surface area contributed by atoms with Gasteiger partial charge < -0.3 is 15.5 Å². The minimum atomic E-state index is -0.499. The summed E-state index contributed by atoms with van der Waals surface area (Å²) in [7, 11) is 1.77. The van der Waals surface area contributed by atoms with E-state index >= 15 is 0 Å². The molecule has 28 heavy (non-hydrogen) atoms. The van der Waals surface area contributed by atoms with E-state index in [0.29, 0.717) is 5.69 Å². The number of anilines is 2. The van der Waals surface area contributed by atoms with Crippen LogP contribution in [-0.4, -0.2) is 36.4 Å². The molecular formula is C20H25N4O4+. The number of carbonyl (C=O) groups excluding carboxylic acids is 2. The minimum Gasteiger partial charge on any atom is -0.321 e. The van der Waals surface area contributed by atoms with Crippen LogP contribution < -0.4 is 15.5 Å². The van der Waals surface area contributed by atoms with Gasteiger partial charge in [0.05, 0.1) is 12.0 Å². The predicted molar refractivity (Wildman–Crippen MR) is 107 cm³/mol. The molecule has 2 rings (SSSR count). The number of nitro groups is 1. The highest BCUT2D eigenvalue weighted by Crippen LogP contribution is 2.19. The van der Waals surface area contributed by atoms with Crippen LogP contribution in [0.4, 0.5) is 17.1 Å². The molecule has 0 aliphatic heterocycles. The van der Waals surface area contributed by atoms with Crippen LogP contribution >= 0.6 is 0 Å². The topological polar surface area (TPSA) is 106 Å². The number of amides is 2. The van der Waals surface area contributed by atoms with E-state index in [9.17, 15) is 19.7 Å². The van der Waals surface area contributed by atoms with Gasteiger partial charge in [-0.25, -0.2) is 0 Å². The number of nitrogens with one attached hydrogen (secondary N) is 3. The number of rotatable bonds is 7. The molecule has 0 spiro atoms. The molecule has 0 bridgehead atoms. The van der Waals surface area contributed by atoms with Crippen LogP contribution in [0, 0.1) is 24.0 Å². The Morgan fingerprint density at radius 3 is 2.18 bits per heavy atom. The lowest BCUT2D eigenvalue weighted by atomic mass is 10.1. The normalized spacial score (nSPS) is 12.7. The maximum Gasteiger partial charge on any atom is 0.282 e. The standard InChI is InChI=1S/C20H24N4O4/c1-13-6-5-7-14(2)19(13)22-18(25)12-23(4)15(3)20(26)21-16-8-10-17(11-9-16)24(27)28/h5-11,15H,12H2,1-4H3,(H,21,26)(H,22,25)/p+1/t15-/m0/s1. The Morgan fingerprint density at radius 2 is 1.64 bits per heavy atom. The molecule has 8 nitrogen and oxygen atoms in total. The van der Waals surface area contributed by atoms with Crippen LogP contribution in [0.15, 0.2) is 42.5 Å². The number of benzene rings is 2. The second-order valence-electron chi connectivity index (χ2n) is 6.85. The van der Waals surface area contributed by atoms with E-state index in [1.54, 1.807) is 14.0 Å². The molecule has 8 heteroatoms. The van der Waals surface area contributed by atoms with Crippen LogP contribution in [-0.2, 0) is 9.59 Å². The number of likely N-dealkylation sites (N-methyl/N-ethyl adjacent to an activating group) is 1. The first kappa shape index (κ1) is 21.0. The molecule has 0 saturated heterocycles. The molecule has 2 aromatic carbocycles. The number of nitro benzene ring substituents is 1. The van der Waals surface area contributed by atoms with Crippen molar-refractivity contribution in [3.63, 3.8) is 0 Å². The lowest BCUT2D eigenvalue weighted by Gasteiger charge is -2.21. The van der Waals surface area contributed by atoms with E-state index in [0.717, 1.165) is 21.7 Å². The fraction of sp³-hybridized carbons (Fsp3) is 0.300. The molecule has 2 aromatic rings. The highest BCUT2D eigenvalue weighted by Gasteiger charge is 2.24. The monoisotopic (exact) mass is 385 g/mol. The molecule has 1 unspecified atom stereocenters. The molecule has 0 aromatic heterocycles. The molecule has 2 amide bonds. The van der Waals surface area contributed by atoms with Gasteiger partial charge in [-0.1, -0.05) is 18.2 Å². The van der Waals surface area contributed by atoms with Gasteiger partial charge >= 0.3 is 0 Å². The Kier molecular flexibility index (Phi) is 6.84. The Bertz CT molecular complexity index is 860. The van der Waals surface area contributed by atoms with Gasteiger partial charge in [0.1, 0.15) is 0 Å². The number of carbonyl (C=O) groups is 2. The maximum atomic E-state index is 12.4. The maximum absolute atomic E-state index is 12.4. The molecular weight excluding hydrogens is 360 g/mol. The summed E-state index contributed by atoms with van der Waals surface area (Å²) in [4.78, 5) is 35.7. The van der Waals surface area contributed by atoms with Crippen LogP contribution in [0.3, 0.4) is 0 Å². The van der Waals surface area contributed by atoms with E-state index in [1.165, 1.54) is 24.3 Å². The van der Waals surface area contributed by atoms with Gasteiger partial charge in [0, 0.05) is 23.5 Å². The molecule has 0 saturated carbocycles. The van der Waals surface area contributed by atoms with Crippen LogP contribution in [0.5, 0.6) is 0 Å². The van der Waals surface area contributed by atoms with Gasteiger partial charge in [-0.2, -0.15) is 0 Å². The first-order chi connectivity index (χ1) is 13.2. The van der Waals surface area contributed by atoms with Gasteiger partial charge in [0.25, 0.3) is 17.5 Å². The second kappa shape index (κ2) is 9.09. The molecule has 3 N–H and O–H groups in total. The number of nitrogens with zero attached hydrogens (tertiary/aromatic N) is 1. The zero-order chi connectivity index (χ0) is 20.8. The molecule has 0 radical (unpaired) electrons. The summed E-state index contributed by atoms with van der Waals surface area (Å²) in [5.41, 5.74) is 3.18. The Labute approximate surface area is 163 Å². The quantitative estimate of drug-likeness (QED) is 0.498. The van der Waals surface area contributed by atoms with E-state index < -0.39 is 11.0 Å². The smallest absolute Gasteiger partial charge is 0.282 e. The van der Waals surface area contributed by atoms with Gasteiger partial charge in [-0.3, -0.25) is 19.7 Å². The van der Waals surface area contributed by atoms with E-state index in [-0.39, 0.29) is 24.0 Å². The number of para-hydroxylation sites is 1. The SMILES string of the molecule is Cc1cccc(C)c1NC(=O)C[NH+](C)[C@@H](C)C(=O)Nc1ccc([N+](=O)[O-])cc1. The van der Waals surface area contributed by atoms with Crippen molar-refractivity contribution in [3.8, 4) is 0 Å². The number of aryl methyl sites for hydroxylation is 2. The van der Waals surface area contributed by atoms with Gasteiger partial charge in [-0.05, 0) is 44.0 Å². The van der Waals surface area contributed by atoms with Crippen molar-refractivity contribution in [2.75, 3.05) is 24.2 Å². The van der Waals surface area contributed by atoms with Crippen molar-refractivity contribution in [2.45, 2.75) is 26.8 Å². The third-order valence-electron chi connectivity index (χ3n) is 4.66. The van der Waals surface area contributed by atoms with Crippen molar-refractivity contribution < 1.29 is 19.4 Å². The summed E-state index contributed by atoms with van der Waals surface area (Å²) >= 11 is 0. The average Bonchev–Trinajstić information content (AvgIpc) is 2.64. The number of quaternary nitrogens is 1. The lowest BCUT2D eigenvalue weighted by molar-refractivity contribution is -0.885. The summed E-state index contributed by atoms with van der Waals surface area (Å²) in [6.45, 7) is 5.71. The van der Waals surface area contributed by atoms with Crippen molar-refractivity contribution in [2.24, 2.45) is 0 Å². The fourth-order valence-corrected chi connectivity index (χ4v) is 2.74. The van der Waals surface area contributed by atoms with Crippen LogP contribution in [0.1, 0.15) is 18.1 Å². The molecule has 2 atom stereocenters. The highest BCUT2D eigenvalue weighted by atomic mass is 16.6. The highest BCUT2D eigenvalue weighted by molar-refractivity contribution is 5.95. The zero-order valence-corrected chi connectivity index (χ0v) is 16.4. The molecule has 0 aliphatic rings. The van der Waals surface area contributed by atoms with Gasteiger partial charge in [-0.15, -0.1) is 0 Å². The van der Waals surface area contributed by atoms with E-state index in [2.05, 4.69) is 10.6 Å². The van der Waals surface area contributed by atoms with Gasteiger partial charge in [0.15, 0.2) is 12.6 Å². The Balaban J connectivity index is 1.93. The van der Waals surface area contributed by atoms with Crippen molar-refractivity contribution >= 4 is 28.9 Å². The van der Waals surface area contributed by atoms with Crippen LogP contribution in [0.2, 0.25) is 0 Å². The number of hydrogen-bond acceptors (Lipinski definition) is 4. The van der Waals surface area contributed by atoms with Crippen molar-refractivity contribution in [3.05, 3.63) is 63.7 Å². The summed E-state index contributed by atoms with van der Waals surface area (Å²) in [6, 6.07) is 10.9. The predicted octanol–water partition coefficient (Wildman–Crippen LogP) is 1.69. The second-order valence-corrected chi connectivity index (χ2v) is 6.85. The van der Waals surface area contributed by atoms with E-state index in [1.807, 2.05) is 32.0 Å². The molecule has 0 aliphatic carbocycles. The van der Waals surface area contributed by atoms with Crippen molar-refractivity contribution in [1.82, 2.24) is 0 Å². The summed E-state index contributed by atoms with van der Waals surface area (Å²) in [5, 5.41) is 16.3. The minimum absolute atomic E-state index is 0.0445. The summed E-state index contributed by atoms with van der Waals surface area (Å²) in [6.07, 6.45) is 0. The first-order valence-electron chi connectivity index (χ1n) is 8.92. The van der Waals surface area contributed by atoms with Crippen molar-refractivity contribution in [1.29, 1.82) is 0 Å². The molecule has 148 valence electrons. The fourth-order valence-electron chi connectivity index (χ4n) is 2.74. The third kappa shape index (κ3) is 5.37. The molecule has 0 fully saturated rings. The Morgan fingerprint density at radius 1 is 1.07 bits per heavy atom. The Hall–Kier alpha value is -3.26. The largest absolute Gasteiger partial charge is 0.321 e.